The molecule has 6 heteroatoms. The summed E-state index contributed by atoms with van der Waals surface area (Å²) < 4.78 is 3.02. The number of nitrogens with zero attached hydrogens (tertiary/aromatic N) is 4. The first-order valence-electron chi connectivity index (χ1n) is 9.33. The Bertz CT molecular complexity index is 782. The molecule has 0 amide bonds. The number of hydrogen-bond acceptors (Lipinski definition) is 2. The van der Waals surface area contributed by atoms with E-state index in [-0.39, 0.29) is 0 Å². The first-order chi connectivity index (χ1) is 12.6. The van der Waals surface area contributed by atoms with Crippen LogP contribution in [0.25, 0.3) is 0 Å². The number of hydrogen-bond donors (Lipinski definition) is 1. The lowest BCUT2D eigenvalue weighted by molar-refractivity contribution is 0.459. The molecule has 1 saturated heterocycles. The van der Waals surface area contributed by atoms with Gasteiger partial charge in [-0.3, -0.25) is 9.67 Å². The minimum Gasteiger partial charge on any atom is -0.353 e. The molecule has 0 spiro atoms. The summed E-state index contributed by atoms with van der Waals surface area (Å²) in [5.41, 5.74) is 2.75. The standard InChI is InChI=1S/C20H26BrN5/c1-22-20(24-19-10-18(19)16-3-5-17(21)6-4-16)26-8-7-14(13-26)9-15-11-23-25(2)12-15/h3-6,11-12,14,18-19H,7-10,13H2,1-2H3,(H,22,24). The maximum Gasteiger partial charge on any atom is 0.193 e. The predicted octanol–water partition coefficient (Wildman–Crippen LogP) is 3.18. The Morgan fingerprint density at radius 3 is 2.85 bits per heavy atom. The fourth-order valence-corrected chi connectivity index (χ4v) is 4.26. The number of aromatic nitrogens is 2. The van der Waals surface area contributed by atoms with E-state index in [4.69, 9.17) is 0 Å². The molecule has 3 atom stereocenters. The number of likely N-dealkylation sites (tertiary alicyclic amines) is 1. The first kappa shape index (κ1) is 17.6. The molecule has 1 saturated carbocycles. The van der Waals surface area contributed by atoms with E-state index in [9.17, 15) is 0 Å². The molecule has 1 aliphatic heterocycles. The van der Waals surface area contributed by atoms with E-state index in [1.54, 1.807) is 0 Å². The Hall–Kier alpha value is -1.82. The lowest BCUT2D eigenvalue weighted by atomic mass is 10.0. The van der Waals surface area contributed by atoms with E-state index in [2.05, 4.69) is 66.7 Å². The molecule has 1 N–H and O–H groups in total. The molecule has 2 aromatic rings. The molecule has 26 heavy (non-hydrogen) atoms. The summed E-state index contributed by atoms with van der Waals surface area (Å²) in [5, 5.41) is 7.97. The van der Waals surface area contributed by atoms with Crippen LogP contribution < -0.4 is 5.32 Å². The van der Waals surface area contributed by atoms with Gasteiger partial charge in [0.2, 0.25) is 0 Å². The summed E-state index contributed by atoms with van der Waals surface area (Å²) in [4.78, 5) is 6.96. The van der Waals surface area contributed by atoms with Crippen molar-refractivity contribution in [3.05, 3.63) is 52.3 Å². The lowest BCUT2D eigenvalue weighted by Gasteiger charge is -2.22. The summed E-state index contributed by atoms with van der Waals surface area (Å²) in [7, 11) is 3.88. The number of aliphatic imine (C=N–C) groups is 1. The lowest BCUT2D eigenvalue weighted by Crippen LogP contribution is -2.41. The largest absolute Gasteiger partial charge is 0.353 e. The molecule has 5 nitrogen and oxygen atoms in total. The molecule has 0 bridgehead atoms. The van der Waals surface area contributed by atoms with Gasteiger partial charge in [-0.15, -0.1) is 0 Å². The van der Waals surface area contributed by atoms with Crippen molar-refractivity contribution in [3.63, 3.8) is 0 Å². The number of aryl methyl sites for hydroxylation is 1. The number of nitrogens with one attached hydrogen (secondary N) is 1. The highest BCUT2D eigenvalue weighted by atomic mass is 79.9. The van der Waals surface area contributed by atoms with E-state index in [1.807, 2.05) is 25.0 Å². The highest BCUT2D eigenvalue weighted by Gasteiger charge is 2.40. The van der Waals surface area contributed by atoms with Crippen molar-refractivity contribution >= 4 is 21.9 Å². The second-order valence-corrected chi connectivity index (χ2v) is 8.43. The van der Waals surface area contributed by atoms with Gasteiger partial charge in [-0.25, -0.2) is 0 Å². The van der Waals surface area contributed by atoms with Crippen molar-refractivity contribution in [3.8, 4) is 0 Å². The van der Waals surface area contributed by atoms with Gasteiger partial charge < -0.3 is 10.2 Å². The third kappa shape index (κ3) is 3.95. The van der Waals surface area contributed by atoms with Gasteiger partial charge in [0.1, 0.15) is 0 Å². The van der Waals surface area contributed by atoms with Crippen LogP contribution in [0, 0.1) is 5.92 Å². The van der Waals surface area contributed by atoms with Gasteiger partial charge >= 0.3 is 0 Å². The molecule has 0 radical (unpaired) electrons. The quantitative estimate of drug-likeness (QED) is 0.615. The number of rotatable bonds is 4. The third-order valence-corrected chi connectivity index (χ3v) is 6.01. The van der Waals surface area contributed by atoms with Gasteiger partial charge in [-0.2, -0.15) is 5.10 Å². The van der Waals surface area contributed by atoms with Gasteiger partial charge in [0, 0.05) is 49.8 Å². The van der Waals surface area contributed by atoms with E-state index >= 15 is 0 Å². The SMILES string of the molecule is CN=C(NC1CC1c1ccc(Br)cc1)N1CCC(Cc2cnn(C)c2)C1. The molecule has 4 rings (SSSR count). The Morgan fingerprint density at radius 1 is 1.35 bits per heavy atom. The fraction of sp³-hybridized carbons (Fsp3) is 0.500. The molecule has 138 valence electrons. The van der Waals surface area contributed by atoms with Crippen molar-refractivity contribution in [2.45, 2.75) is 31.2 Å². The van der Waals surface area contributed by atoms with Crippen LogP contribution >= 0.6 is 15.9 Å². The average Bonchev–Trinajstić information content (AvgIpc) is 3.03. The summed E-state index contributed by atoms with van der Waals surface area (Å²) in [6, 6.07) is 9.21. The Kier molecular flexibility index (Phi) is 5.02. The Morgan fingerprint density at radius 2 is 2.15 bits per heavy atom. The van der Waals surface area contributed by atoms with Crippen LogP contribution in [-0.4, -0.2) is 46.8 Å². The summed E-state index contributed by atoms with van der Waals surface area (Å²) in [6.45, 7) is 2.16. The normalized spacial score (nSPS) is 25.6. The molecule has 1 aliphatic carbocycles. The van der Waals surface area contributed by atoms with Gasteiger partial charge in [-0.05, 0) is 48.4 Å². The fourth-order valence-electron chi connectivity index (χ4n) is 4.00. The van der Waals surface area contributed by atoms with E-state index in [0.717, 1.165) is 29.9 Å². The zero-order valence-electron chi connectivity index (χ0n) is 15.4. The zero-order chi connectivity index (χ0) is 18.1. The summed E-state index contributed by atoms with van der Waals surface area (Å²) in [6.07, 6.45) is 7.63. The van der Waals surface area contributed by atoms with Gasteiger partial charge in [-0.1, -0.05) is 28.1 Å². The molecule has 1 aromatic carbocycles. The Labute approximate surface area is 163 Å². The van der Waals surface area contributed by atoms with Crippen molar-refractivity contribution in [2.24, 2.45) is 18.0 Å². The highest BCUT2D eigenvalue weighted by molar-refractivity contribution is 9.10. The third-order valence-electron chi connectivity index (χ3n) is 5.48. The maximum atomic E-state index is 4.55. The minimum absolute atomic E-state index is 0.507. The second kappa shape index (κ2) is 7.43. The number of benzene rings is 1. The second-order valence-electron chi connectivity index (χ2n) is 7.52. The van der Waals surface area contributed by atoms with Crippen molar-refractivity contribution in [1.29, 1.82) is 0 Å². The molecule has 3 unspecified atom stereocenters. The van der Waals surface area contributed by atoms with Crippen molar-refractivity contribution < 1.29 is 0 Å². The van der Waals surface area contributed by atoms with Crippen LogP contribution in [-0.2, 0) is 13.5 Å². The van der Waals surface area contributed by atoms with Crippen LogP contribution in [0.15, 0.2) is 46.1 Å². The molecular formula is C20H26BrN5. The molecule has 2 fully saturated rings. The highest BCUT2D eigenvalue weighted by Crippen LogP contribution is 2.41. The van der Waals surface area contributed by atoms with Crippen LogP contribution in [0.5, 0.6) is 0 Å². The first-order valence-corrected chi connectivity index (χ1v) is 10.1. The van der Waals surface area contributed by atoms with E-state index in [1.165, 1.54) is 24.0 Å². The van der Waals surface area contributed by atoms with Crippen LogP contribution in [0.3, 0.4) is 0 Å². The minimum atomic E-state index is 0.507. The van der Waals surface area contributed by atoms with Crippen LogP contribution in [0.2, 0.25) is 0 Å². The topological polar surface area (TPSA) is 45.5 Å². The number of guanidine groups is 1. The van der Waals surface area contributed by atoms with E-state index < -0.39 is 0 Å². The molecule has 2 aliphatic rings. The maximum absolute atomic E-state index is 4.55. The van der Waals surface area contributed by atoms with Gasteiger partial charge in [0.05, 0.1) is 6.20 Å². The smallest absolute Gasteiger partial charge is 0.193 e. The Balaban J connectivity index is 1.30. The van der Waals surface area contributed by atoms with Gasteiger partial charge in [0.25, 0.3) is 0 Å². The van der Waals surface area contributed by atoms with Crippen molar-refractivity contribution in [1.82, 2.24) is 20.0 Å². The summed E-state index contributed by atoms with van der Waals surface area (Å²) >= 11 is 3.51. The zero-order valence-corrected chi connectivity index (χ0v) is 17.0. The summed E-state index contributed by atoms with van der Waals surface area (Å²) in [5.74, 6) is 2.34. The van der Waals surface area contributed by atoms with Crippen LogP contribution in [0.4, 0.5) is 0 Å². The van der Waals surface area contributed by atoms with Gasteiger partial charge in [0.15, 0.2) is 5.96 Å². The van der Waals surface area contributed by atoms with Crippen LogP contribution in [0.1, 0.15) is 29.9 Å². The predicted molar refractivity (Wildman–Crippen MR) is 108 cm³/mol. The van der Waals surface area contributed by atoms with Crippen molar-refractivity contribution in [2.75, 3.05) is 20.1 Å². The van der Waals surface area contributed by atoms with E-state index in [0.29, 0.717) is 17.9 Å². The molecular weight excluding hydrogens is 390 g/mol. The monoisotopic (exact) mass is 415 g/mol. The average molecular weight is 416 g/mol. The molecule has 1 aromatic heterocycles. The number of halogens is 1. The molecule has 2 heterocycles.